The Labute approximate surface area is 183 Å². The van der Waals surface area contributed by atoms with Crippen molar-refractivity contribution in [1.29, 1.82) is 0 Å². The Bertz CT molecular complexity index is 960. The van der Waals surface area contributed by atoms with E-state index in [1.807, 2.05) is 36.4 Å². The molecule has 1 heterocycles. The van der Waals surface area contributed by atoms with Gasteiger partial charge in [-0.1, -0.05) is 51.1 Å². The summed E-state index contributed by atoms with van der Waals surface area (Å²) in [6, 6.07) is 14.2. The van der Waals surface area contributed by atoms with Gasteiger partial charge in [-0.3, -0.25) is 9.59 Å². The fourth-order valence-electron chi connectivity index (χ4n) is 3.59. The number of hydrogen-bond donors (Lipinski definition) is 1. The first-order valence-corrected chi connectivity index (χ1v) is 10.6. The fraction of sp³-hybridized carbons (Fsp3) is 0.400. The Balaban J connectivity index is 1.53. The SMILES string of the molecule is C[C@H](NC(=O)c1ccc(C(C)(C)C)cc1)C(=O)OCC(=O)N1CCCc2ccccc21. The third-order valence-corrected chi connectivity index (χ3v) is 5.46. The van der Waals surface area contributed by atoms with Crippen molar-refractivity contribution in [1.82, 2.24) is 5.32 Å². The highest BCUT2D eigenvalue weighted by Gasteiger charge is 2.25. The van der Waals surface area contributed by atoms with E-state index in [9.17, 15) is 14.4 Å². The largest absolute Gasteiger partial charge is 0.454 e. The second-order valence-electron chi connectivity index (χ2n) is 8.91. The lowest BCUT2D eigenvalue weighted by molar-refractivity contribution is -0.149. The van der Waals surface area contributed by atoms with Crippen molar-refractivity contribution in [3.63, 3.8) is 0 Å². The monoisotopic (exact) mass is 422 g/mol. The van der Waals surface area contributed by atoms with Crippen LogP contribution in [0, 0.1) is 0 Å². The van der Waals surface area contributed by atoms with Crippen LogP contribution < -0.4 is 10.2 Å². The van der Waals surface area contributed by atoms with Gasteiger partial charge in [0.05, 0.1) is 0 Å². The van der Waals surface area contributed by atoms with E-state index in [0.717, 1.165) is 29.7 Å². The third kappa shape index (κ3) is 5.51. The van der Waals surface area contributed by atoms with Crippen molar-refractivity contribution in [2.45, 2.75) is 52.0 Å². The number of aryl methyl sites for hydroxylation is 1. The van der Waals surface area contributed by atoms with Gasteiger partial charge in [-0.15, -0.1) is 0 Å². The van der Waals surface area contributed by atoms with Gasteiger partial charge in [0.25, 0.3) is 11.8 Å². The highest BCUT2D eigenvalue weighted by atomic mass is 16.5. The lowest BCUT2D eigenvalue weighted by Gasteiger charge is -2.29. The number of amides is 2. The lowest BCUT2D eigenvalue weighted by atomic mass is 9.86. The highest BCUT2D eigenvalue weighted by molar-refractivity contribution is 5.98. The van der Waals surface area contributed by atoms with Gasteiger partial charge in [0.15, 0.2) is 6.61 Å². The van der Waals surface area contributed by atoms with Gasteiger partial charge in [-0.2, -0.15) is 0 Å². The number of ether oxygens (including phenoxy) is 1. The van der Waals surface area contributed by atoms with Gasteiger partial charge < -0.3 is 15.0 Å². The van der Waals surface area contributed by atoms with Crippen LogP contribution in [0.5, 0.6) is 0 Å². The molecule has 0 unspecified atom stereocenters. The Hall–Kier alpha value is -3.15. The molecule has 0 saturated carbocycles. The molecule has 6 heteroatoms. The lowest BCUT2D eigenvalue weighted by Crippen LogP contribution is -2.42. The van der Waals surface area contributed by atoms with E-state index in [1.54, 1.807) is 24.0 Å². The zero-order valence-electron chi connectivity index (χ0n) is 18.6. The number of carbonyl (C=O) groups is 3. The van der Waals surface area contributed by atoms with Crippen molar-refractivity contribution in [3.8, 4) is 0 Å². The molecule has 2 amide bonds. The molecule has 31 heavy (non-hydrogen) atoms. The predicted octanol–water partition coefficient (Wildman–Crippen LogP) is 3.63. The summed E-state index contributed by atoms with van der Waals surface area (Å²) in [5.74, 6) is -1.27. The average Bonchev–Trinajstić information content (AvgIpc) is 2.76. The fourth-order valence-corrected chi connectivity index (χ4v) is 3.59. The first kappa shape index (κ1) is 22.5. The maximum absolute atomic E-state index is 12.6. The van der Waals surface area contributed by atoms with E-state index >= 15 is 0 Å². The van der Waals surface area contributed by atoms with Gasteiger partial charge in [-0.25, -0.2) is 4.79 Å². The molecule has 0 fully saturated rings. The smallest absolute Gasteiger partial charge is 0.328 e. The van der Waals surface area contributed by atoms with Crippen molar-refractivity contribution < 1.29 is 19.1 Å². The molecule has 2 aromatic carbocycles. The number of hydrogen-bond acceptors (Lipinski definition) is 4. The zero-order chi connectivity index (χ0) is 22.6. The highest BCUT2D eigenvalue weighted by Crippen LogP contribution is 2.26. The Morgan fingerprint density at radius 2 is 1.74 bits per heavy atom. The third-order valence-electron chi connectivity index (χ3n) is 5.46. The maximum Gasteiger partial charge on any atom is 0.328 e. The zero-order valence-corrected chi connectivity index (χ0v) is 18.6. The topological polar surface area (TPSA) is 75.7 Å². The molecule has 1 N–H and O–H groups in total. The Morgan fingerprint density at radius 3 is 2.42 bits per heavy atom. The minimum atomic E-state index is -0.865. The number of benzene rings is 2. The average molecular weight is 423 g/mol. The molecule has 0 radical (unpaired) electrons. The minimum absolute atomic E-state index is 0.00644. The summed E-state index contributed by atoms with van der Waals surface area (Å²) in [6.45, 7) is 8.10. The number of esters is 1. The maximum atomic E-state index is 12.6. The van der Waals surface area contributed by atoms with Crippen molar-refractivity contribution in [2.75, 3.05) is 18.1 Å². The van der Waals surface area contributed by atoms with E-state index in [2.05, 4.69) is 26.1 Å². The predicted molar refractivity (Wildman–Crippen MR) is 120 cm³/mol. The van der Waals surface area contributed by atoms with Crippen LogP contribution in [0.1, 0.15) is 55.6 Å². The van der Waals surface area contributed by atoms with Crippen molar-refractivity contribution in [2.24, 2.45) is 0 Å². The number of fused-ring (bicyclic) bond motifs is 1. The van der Waals surface area contributed by atoms with E-state index in [1.165, 1.54) is 0 Å². The molecule has 6 nitrogen and oxygen atoms in total. The number of rotatable bonds is 5. The van der Waals surface area contributed by atoms with Gasteiger partial charge in [0.1, 0.15) is 6.04 Å². The van der Waals surface area contributed by atoms with Crippen LogP contribution in [0.2, 0.25) is 0 Å². The molecule has 1 aliphatic heterocycles. The molecule has 164 valence electrons. The van der Waals surface area contributed by atoms with E-state index < -0.39 is 12.0 Å². The summed E-state index contributed by atoms with van der Waals surface area (Å²) in [6.07, 6.45) is 1.80. The summed E-state index contributed by atoms with van der Waals surface area (Å²) in [5.41, 5.74) is 3.57. The number of carbonyl (C=O) groups excluding carboxylic acids is 3. The normalized spacial score (nSPS) is 14.4. The van der Waals surface area contributed by atoms with Gasteiger partial charge in [0.2, 0.25) is 0 Å². The van der Waals surface area contributed by atoms with Crippen LogP contribution in [0.25, 0.3) is 0 Å². The van der Waals surface area contributed by atoms with Crippen molar-refractivity contribution in [3.05, 3.63) is 65.2 Å². The number of anilines is 1. The van der Waals surface area contributed by atoms with Crippen LogP contribution in [0.15, 0.2) is 48.5 Å². The number of nitrogens with zero attached hydrogens (tertiary/aromatic N) is 1. The quantitative estimate of drug-likeness (QED) is 0.747. The van der Waals surface area contributed by atoms with Crippen LogP contribution in [0.4, 0.5) is 5.69 Å². The number of nitrogens with one attached hydrogen (secondary N) is 1. The summed E-state index contributed by atoms with van der Waals surface area (Å²) in [5, 5.41) is 2.63. The molecule has 1 atom stereocenters. The number of para-hydroxylation sites is 1. The van der Waals surface area contributed by atoms with E-state index in [0.29, 0.717) is 12.1 Å². The first-order chi connectivity index (χ1) is 14.7. The minimum Gasteiger partial charge on any atom is -0.454 e. The second-order valence-corrected chi connectivity index (χ2v) is 8.91. The molecule has 2 aromatic rings. The molecule has 0 saturated heterocycles. The molecule has 0 aromatic heterocycles. The van der Waals surface area contributed by atoms with Gasteiger partial charge in [-0.05, 0) is 54.5 Å². The van der Waals surface area contributed by atoms with Gasteiger partial charge >= 0.3 is 5.97 Å². The van der Waals surface area contributed by atoms with Crippen LogP contribution in [0.3, 0.4) is 0 Å². The standard InChI is InChI=1S/C25H30N2O4/c1-17(26-23(29)19-11-13-20(14-12-19)25(2,3)4)24(30)31-16-22(28)27-15-7-9-18-8-5-6-10-21(18)27/h5-6,8,10-14,17H,7,9,15-16H2,1-4H3,(H,26,29)/t17-/m0/s1. The van der Waals surface area contributed by atoms with Crippen LogP contribution >= 0.6 is 0 Å². The van der Waals surface area contributed by atoms with Crippen LogP contribution in [-0.2, 0) is 26.2 Å². The molecular formula is C25H30N2O4. The second kappa shape index (κ2) is 9.33. The Kier molecular flexibility index (Phi) is 6.78. The molecule has 0 bridgehead atoms. The van der Waals surface area contributed by atoms with E-state index in [4.69, 9.17) is 4.74 Å². The van der Waals surface area contributed by atoms with E-state index in [-0.39, 0.29) is 23.8 Å². The molecule has 1 aliphatic rings. The summed E-state index contributed by atoms with van der Waals surface area (Å²) < 4.78 is 5.19. The Morgan fingerprint density at radius 1 is 1.06 bits per heavy atom. The molecular weight excluding hydrogens is 392 g/mol. The molecule has 0 spiro atoms. The van der Waals surface area contributed by atoms with Crippen molar-refractivity contribution >= 4 is 23.5 Å². The molecule has 0 aliphatic carbocycles. The summed E-state index contributed by atoms with van der Waals surface area (Å²) >= 11 is 0. The van der Waals surface area contributed by atoms with Crippen LogP contribution in [-0.4, -0.2) is 37.0 Å². The summed E-state index contributed by atoms with van der Waals surface area (Å²) in [4.78, 5) is 39.0. The molecule has 3 rings (SSSR count). The summed E-state index contributed by atoms with van der Waals surface area (Å²) in [7, 11) is 0. The first-order valence-electron chi connectivity index (χ1n) is 10.6. The van der Waals surface area contributed by atoms with Gasteiger partial charge in [0, 0.05) is 17.8 Å².